The molecule has 0 unspecified atom stereocenters. The zero-order valence-corrected chi connectivity index (χ0v) is 14.4. The Kier molecular flexibility index (Phi) is 6.36. The van der Waals surface area contributed by atoms with Crippen molar-refractivity contribution in [1.82, 2.24) is 24.6 Å². The van der Waals surface area contributed by atoms with E-state index >= 15 is 0 Å². The number of carboxylic acids is 2. The van der Waals surface area contributed by atoms with E-state index in [1.54, 1.807) is 17.1 Å². The van der Waals surface area contributed by atoms with Crippen molar-refractivity contribution in [3.63, 3.8) is 0 Å². The number of hydrogen-bond acceptors (Lipinski definition) is 7. The number of nitrogens with two attached hydrogens (primary N) is 1. The topological polar surface area (TPSA) is 165 Å². The first-order valence-electron chi connectivity index (χ1n) is 7.48. The summed E-state index contributed by atoms with van der Waals surface area (Å²) < 4.78 is 3.08. The second-order valence-electron chi connectivity index (χ2n) is 5.46. The lowest BCUT2D eigenvalue weighted by atomic mass is 10.1. The smallest absolute Gasteiger partial charge is 0.326 e. The molecule has 2 rings (SSSR count). The molecular formula is C14H18N6O5S. The number of nitrogens with zero attached hydrogens (tertiary/aromatic N) is 4. The first kappa shape index (κ1) is 19.5. The minimum absolute atomic E-state index is 0.00665. The van der Waals surface area contributed by atoms with Crippen LogP contribution in [0.5, 0.6) is 0 Å². The number of hydrogen-bond donors (Lipinski definition) is 5. The summed E-state index contributed by atoms with van der Waals surface area (Å²) in [5.41, 5.74) is 6.40. The highest BCUT2D eigenvalue weighted by atomic mass is 32.1. The lowest BCUT2D eigenvalue weighted by Crippen LogP contribution is -2.43. The molecule has 0 aliphatic rings. The van der Waals surface area contributed by atoms with Crippen molar-refractivity contribution in [2.45, 2.75) is 24.9 Å². The van der Waals surface area contributed by atoms with E-state index in [0.29, 0.717) is 11.4 Å². The van der Waals surface area contributed by atoms with Crippen LogP contribution >= 0.6 is 12.6 Å². The quantitative estimate of drug-likeness (QED) is 0.323. The predicted octanol–water partition coefficient (Wildman–Crippen LogP) is -1.61. The minimum Gasteiger partial charge on any atom is -0.480 e. The molecule has 0 spiro atoms. The maximum atomic E-state index is 11.3. The SMILES string of the molecule is N[C@@H](Cc1cn(-n2cnc(C[C@H](NC(=O)CS)C(=O)O)c2)cn1)C(=O)O. The van der Waals surface area contributed by atoms with Gasteiger partial charge in [0, 0.05) is 12.8 Å². The van der Waals surface area contributed by atoms with Gasteiger partial charge in [0.1, 0.15) is 24.7 Å². The van der Waals surface area contributed by atoms with E-state index in [1.165, 1.54) is 17.3 Å². The summed E-state index contributed by atoms with van der Waals surface area (Å²) in [7, 11) is 0. The van der Waals surface area contributed by atoms with Crippen LogP contribution in [0.4, 0.5) is 0 Å². The molecule has 2 heterocycles. The van der Waals surface area contributed by atoms with Crippen LogP contribution in [0.3, 0.4) is 0 Å². The van der Waals surface area contributed by atoms with Crippen LogP contribution < -0.4 is 11.1 Å². The first-order valence-corrected chi connectivity index (χ1v) is 8.11. The number of carboxylic acid groups (broad SMARTS) is 2. The fraction of sp³-hybridized carbons (Fsp3) is 0.357. The number of carbonyl (C=O) groups is 3. The molecule has 0 aliphatic heterocycles. The maximum absolute atomic E-state index is 11.3. The van der Waals surface area contributed by atoms with E-state index in [9.17, 15) is 19.5 Å². The van der Waals surface area contributed by atoms with Gasteiger partial charge in [-0.25, -0.2) is 24.1 Å². The third kappa shape index (κ3) is 5.07. The zero-order valence-electron chi connectivity index (χ0n) is 13.5. The van der Waals surface area contributed by atoms with E-state index in [0.717, 1.165) is 0 Å². The number of amides is 1. The van der Waals surface area contributed by atoms with Gasteiger partial charge >= 0.3 is 11.9 Å². The summed E-state index contributed by atoms with van der Waals surface area (Å²) in [6.45, 7) is 0. The van der Waals surface area contributed by atoms with E-state index in [2.05, 4.69) is 27.9 Å². The highest BCUT2D eigenvalue weighted by molar-refractivity contribution is 7.81. The molecular weight excluding hydrogens is 364 g/mol. The standard InChI is InChI=1S/C14H18N6O5S/c15-10(13(22)23)1-8-3-19(6-16-8)20-4-9(17-7-20)2-11(14(24)25)18-12(21)5-26/h3-4,6-7,10-11,26H,1-2,5,15H2,(H,18,21)(H,22,23)(H,24,25)/t10-,11-/m0/s1. The molecule has 2 atom stereocenters. The summed E-state index contributed by atoms with van der Waals surface area (Å²) in [5, 5.41) is 20.4. The second kappa shape index (κ2) is 8.49. The van der Waals surface area contributed by atoms with Crippen LogP contribution in [0, 0.1) is 0 Å². The molecule has 0 radical (unpaired) electrons. The van der Waals surface area contributed by atoms with Gasteiger partial charge in [-0.15, -0.1) is 0 Å². The minimum atomic E-state index is -1.18. The van der Waals surface area contributed by atoms with Crippen molar-refractivity contribution < 1.29 is 24.6 Å². The van der Waals surface area contributed by atoms with Gasteiger partial charge in [-0.2, -0.15) is 12.6 Å². The fourth-order valence-electron chi connectivity index (χ4n) is 2.13. The Balaban J connectivity index is 2.07. The van der Waals surface area contributed by atoms with Gasteiger partial charge in [-0.3, -0.25) is 9.59 Å². The molecule has 2 aromatic heterocycles. The van der Waals surface area contributed by atoms with Gasteiger partial charge in [0.05, 0.1) is 29.5 Å². The molecule has 140 valence electrons. The second-order valence-corrected chi connectivity index (χ2v) is 5.78. The highest BCUT2D eigenvalue weighted by Crippen LogP contribution is 2.05. The Bertz CT molecular complexity index is 803. The monoisotopic (exact) mass is 382 g/mol. The third-order valence-corrected chi connectivity index (χ3v) is 3.74. The van der Waals surface area contributed by atoms with Crippen molar-refractivity contribution in [2.24, 2.45) is 5.73 Å². The summed E-state index contributed by atoms with van der Waals surface area (Å²) >= 11 is 3.79. The Hall–Kier alpha value is -2.86. The first-order chi connectivity index (χ1) is 12.3. The zero-order chi connectivity index (χ0) is 19.3. The fourth-order valence-corrected chi connectivity index (χ4v) is 2.22. The van der Waals surface area contributed by atoms with Crippen LogP contribution in [0.25, 0.3) is 0 Å². The number of nitrogens with one attached hydrogen (secondary N) is 1. The van der Waals surface area contributed by atoms with E-state index in [1.807, 2.05) is 0 Å². The molecule has 0 aliphatic carbocycles. The molecule has 0 fully saturated rings. The molecule has 5 N–H and O–H groups in total. The lowest BCUT2D eigenvalue weighted by Gasteiger charge is -2.12. The lowest BCUT2D eigenvalue weighted by molar-refractivity contribution is -0.141. The van der Waals surface area contributed by atoms with Crippen molar-refractivity contribution in [2.75, 3.05) is 5.75 Å². The van der Waals surface area contributed by atoms with Crippen LogP contribution in [0.15, 0.2) is 25.0 Å². The van der Waals surface area contributed by atoms with Crippen LogP contribution in [0.2, 0.25) is 0 Å². The van der Waals surface area contributed by atoms with Crippen LogP contribution in [0.1, 0.15) is 11.4 Å². The summed E-state index contributed by atoms with van der Waals surface area (Å²) in [6.07, 6.45) is 6.12. The highest BCUT2D eigenvalue weighted by Gasteiger charge is 2.21. The maximum Gasteiger partial charge on any atom is 0.326 e. The molecule has 2 aromatic rings. The molecule has 26 heavy (non-hydrogen) atoms. The van der Waals surface area contributed by atoms with Crippen molar-refractivity contribution >= 4 is 30.5 Å². The third-order valence-electron chi connectivity index (χ3n) is 3.45. The molecule has 1 amide bonds. The van der Waals surface area contributed by atoms with E-state index in [4.69, 9.17) is 10.8 Å². The summed E-state index contributed by atoms with van der Waals surface area (Å²) in [4.78, 5) is 41.6. The van der Waals surface area contributed by atoms with Crippen molar-refractivity contribution in [3.8, 4) is 0 Å². The summed E-state index contributed by atoms with van der Waals surface area (Å²) in [6, 6.07) is -2.17. The Morgan fingerprint density at radius 2 is 1.62 bits per heavy atom. The number of aliphatic carboxylic acids is 2. The molecule has 0 saturated heterocycles. The van der Waals surface area contributed by atoms with Crippen LogP contribution in [-0.2, 0) is 27.2 Å². The molecule has 0 saturated carbocycles. The van der Waals surface area contributed by atoms with Crippen molar-refractivity contribution in [1.29, 1.82) is 0 Å². The molecule has 0 bridgehead atoms. The Morgan fingerprint density at radius 3 is 2.08 bits per heavy atom. The van der Waals surface area contributed by atoms with Crippen LogP contribution in [-0.4, -0.2) is 65.2 Å². The Morgan fingerprint density at radius 1 is 1.08 bits per heavy atom. The van der Waals surface area contributed by atoms with E-state index in [-0.39, 0.29) is 18.6 Å². The summed E-state index contributed by atoms with van der Waals surface area (Å²) in [5.74, 6) is -2.90. The number of imidazole rings is 2. The normalized spacial score (nSPS) is 13.2. The number of aromatic nitrogens is 4. The Labute approximate surface area is 153 Å². The average Bonchev–Trinajstić information content (AvgIpc) is 3.23. The van der Waals surface area contributed by atoms with Crippen molar-refractivity contribution in [3.05, 3.63) is 36.4 Å². The largest absolute Gasteiger partial charge is 0.480 e. The van der Waals surface area contributed by atoms with Gasteiger partial charge in [-0.1, -0.05) is 0 Å². The van der Waals surface area contributed by atoms with E-state index < -0.39 is 29.9 Å². The number of carbonyl (C=O) groups excluding carboxylic acids is 1. The van der Waals surface area contributed by atoms with Gasteiger partial charge in [0.15, 0.2) is 0 Å². The van der Waals surface area contributed by atoms with Gasteiger partial charge < -0.3 is 21.3 Å². The molecule has 0 aromatic carbocycles. The van der Waals surface area contributed by atoms with Gasteiger partial charge in [0.2, 0.25) is 5.91 Å². The molecule has 11 nitrogen and oxygen atoms in total. The predicted molar refractivity (Wildman–Crippen MR) is 91.7 cm³/mol. The number of thiol groups is 1. The van der Waals surface area contributed by atoms with Gasteiger partial charge in [-0.05, 0) is 0 Å². The van der Waals surface area contributed by atoms with Gasteiger partial charge in [0.25, 0.3) is 0 Å². The average molecular weight is 382 g/mol. The number of rotatable bonds is 9. The molecule has 12 heteroatoms.